The molecule has 0 aromatic rings. The molecule has 0 unspecified atom stereocenters. The predicted molar refractivity (Wildman–Crippen MR) is 24.7 cm³/mol. The molecule has 61 valence electrons. The van der Waals surface area contributed by atoms with Crippen LogP contribution in [-0.4, -0.2) is 10.9 Å². The first-order chi connectivity index (χ1) is 4.27. The summed E-state index contributed by atoms with van der Waals surface area (Å²) in [5.41, 5.74) is -1.27. The summed E-state index contributed by atoms with van der Waals surface area (Å²) in [5.74, 6) is 0. The van der Waals surface area contributed by atoms with E-state index in [1.807, 2.05) is 0 Å². The molecule has 0 fully saturated rings. The molecule has 0 aliphatic rings. The van der Waals surface area contributed by atoms with Gasteiger partial charge in [0.2, 0.25) is 0 Å². The van der Waals surface area contributed by atoms with E-state index in [9.17, 15) is 10.2 Å². The Morgan fingerprint density at radius 3 is 1.90 bits per heavy atom. The number of rotatable bonds is 3. The first-order valence-electron chi connectivity index (χ1n) is 2.53. The molecule has 0 amide bonds. The Morgan fingerprint density at radius 1 is 1.40 bits per heavy atom. The maximum absolute atomic E-state index is 10.2. The average Bonchev–Trinajstić information content (AvgIpc) is 1.60. The summed E-state index contributed by atoms with van der Waals surface area (Å²) >= 11 is -5.33. The molecule has 0 aliphatic carbocycles. The summed E-state index contributed by atoms with van der Waals surface area (Å²) in [6, 6.07) is 0. The van der Waals surface area contributed by atoms with Gasteiger partial charge in [0, 0.05) is 0 Å². The van der Waals surface area contributed by atoms with E-state index in [0.717, 1.165) is 0 Å². The Balaban J connectivity index is 4.31. The third-order valence-corrected chi connectivity index (χ3v) is 3.35. The second-order valence-corrected chi connectivity index (χ2v) is 6.00. The van der Waals surface area contributed by atoms with Crippen molar-refractivity contribution in [2.24, 2.45) is 0 Å². The van der Waals surface area contributed by atoms with Crippen molar-refractivity contribution in [3.05, 3.63) is 0 Å². The van der Waals surface area contributed by atoms with Crippen molar-refractivity contribution < 1.29 is 36.3 Å². The van der Waals surface area contributed by atoms with Crippen LogP contribution in [0.1, 0.15) is 13.8 Å². The quantitative estimate of drug-likeness (QED) is 0.444. The van der Waals surface area contributed by atoms with Gasteiger partial charge >= 0.3 is 60.5 Å². The molecular weight excluding hydrogens is 224 g/mol. The standard InChI is InChI=1S/C4H9O2.Mo.3O/c1-4(2,3)6-5;;;;/h5H,1H2,2-3H3;;;;. The Bertz CT molecular complexity index is 228. The minimum atomic E-state index is -5.33. The van der Waals surface area contributed by atoms with E-state index in [4.69, 9.17) is 5.26 Å². The summed E-state index contributed by atoms with van der Waals surface area (Å²) in [4.78, 5) is 3.13. The Kier molecular flexibility index (Phi) is 2.95. The second-order valence-electron chi connectivity index (χ2n) is 2.55. The third kappa shape index (κ3) is 4.85. The van der Waals surface area contributed by atoms with Crippen molar-refractivity contribution in [1.29, 1.82) is 0 Å². The third-order valence-electron chi connectivity index (χ3n) is 0.772. The fraction of sp³-hybridized carbons (Fsp3) is 1.00. The Hall–Kier alpha value is 0.00831. The minimum absolute atomic E-state index is 0.633. The predicted octanol–water partition coefficient (Wildman–Crippen LogP) is 0.863. The molecule has 0 aliphatic heterocycles. The molecule has 0 radical (unpaired) electrons. The Morgan fingerprint density at radius 2 is 1.80 bits per heavy atom. The first kappa shape index (κ1) is 10.0. The molecule has 5 nitrogen and oxygen atoms in total. The van der Waals surface area contributed by atoms with Crippen molar-refractivity contribution in [1.82, 2.24) is 0 Å². The van der Waals surface area contributed by atoms with Gasteiger partial charge in [-0.1, -0.05) is 0 Å². The van der Waals surface area contributed by atoms with Gasteiger partial charge in [0.15, 0.2) is 0 Å². The molecule has 0 aromatic carbocycles. The summed E-state index contributed by atoms with van der Waals surface area (Å²) < 4.78 is 30.5. The number of hydrogen-bond donors (Lipinski definition) is 1. The molecule has 0 rings (SSSR count). The second kappa shape index (κ2) is 2.94. The summed E-state index contributed by atoms with van der Waals surface area (Å²) in [7, 11) is 0. The fourth-order valence-electron chi connectivity index (χ4n) is 0.452. The van der Waals surface area contributed by atoms with Crippen LogP contribution in [0.2, 0.25) is 4.81 Å². The van der Waals surface area contributed by atoms with Crippen LogP contribution in [0.15, 0.2) is 0 Å². The van der Waals surface area contributed by atoms with E-state index >= 15 is 0 Å². The van der Waals surface area contributed by atoms with Crippen LogP contribution >= 0.6 is 0 Å². The van der Waals surface area contributed by atoms with E-state index in [1.54, 1.807) is 0 Å². The molecule has 0 saturated heterocycles. The van der Waals surface area contributed by atoms with Gasteiger partial charge in [-0.3, -0.25) is 0 Å². The molecule has 1 N–H and O–H groups in total. The van der Waals surface area contributed by atoms with E-state index in [-0.39, 0.29) is 0 Å². The monoisotopic (exact) mass is 235 g/mol. The normalized spacial score (nSPS) is 13.5. The van der Waals surface area contributed by atoms with E-state index < -0.39 is 26.4 Å². The molecule has 0 aromatic heterocycles. The van der Waals surface area contributed by atoms with Crippen LogP contribution in [0.25, 0.3) is 0 Å². The molecule has 6 heteroatoms. The molecule has 0 saturated carbocycles. The van der Waals surface area contributed by atoms with Gasteiger partial charge in [-0.2, -0.15) is 0 Å². The number of hydrogen-bond acceptors (Lipinski definition) is 5. The van der Waals surface area contributed by atoms with Crippen LogP contribution < -0.4 is 0 Å². The summed E-state index contributed by atoms with van der Waals surface area (Å²) in [6.45, 7) is 2.64. The molecule has 10 heavy (non-hydrogen) atoms. The van der Waals surface area contributed by atoms with E-state index in [2.05, 4.69) is 4.89 Å². The van der Waals surface area contributed by atoms with Crippen molar-refractivity contribution in [3.8, 4) is 0 Å². The van der Waals surface area contributed by atoms with Crippen molar-refractivity contribution >= 4 is 0 Å². The van der Waals surface area contributed by atoms with Gasteiger partial charge in [-0.05, 0) is 0 Å². The maximum atomic E-state index is 10.2. The van der Waals surface area contributed by atoms with Crippen LogP contribution in [-0.2, 0) is 31.0 Å². The van der Waals surface area contributed by atoms with Gasteiger partial charge in [0.1, 0.15) is 0 Å². The van der Waals surface area contributed by atoms with Crippen molar-refractivity contribution in [2.75, 3.05) is 0 Å². The Labute approximate surface area is 61.0 Å². The topological polar surface area (TPSA) is 80.7 Å². The van der Waals surface area contributed by atoms with Crippen LogP contribution in [0.5, 0.6) is 0 Å². The molecule has 0 atom stereocenters. The fourth-order valence-corrected chi connectivity index (χ4v) is 2.67. The molecule has 0 bridgehead atoms. The summed E-state index contributed by atoms with van der Waals surface area (Å²) in [5, 5.41) is 8.07. The molecule has 0 heterocycles. The zero-order valence-corrected chi connectivity index (χ0v) is 7.70. The van der Waals surface area contributed by atoms with Gasteiger partial charge < -0.3 is 0 Å². The van der Waals surface area contributed by atoms with Crippen molar-refractivity contribution in [3.63, 3.8) is 0 Å². The van der Waals surface area contributed by atoms with E-state index in [1.165, 1.54) is 13.8 Å². The first-order valence-corrected chi connectivity index (χ1v) is 6.41. The summed E-state index contributed by atoms with van der Waals surface area (Å²) in [6.07, 6.45) is 0. The molecular formula is C4H9MoO5. The molecule has 0 spiro atoms. The van der Waals surface area contributed by atoms with Crippen LogP contribution in [0.3, 0.4) is 0 Å². The van der Waals surface area contributed by atoms with Gasteiger partial charge in [0.25, 0.3) is 0 Å². The van der Waals surface area contributed by atoms with Gasteiger partial charge in [-0.25, -0.2) is 0 Å². The van der Waals surface area contributed by atoms with Crippen molar-refractivity contribution in [2.45, 2.75) is 24.3 Å². The van der Waals surface area contributed by atoms with Gasteiger partial charge in [0.05, 0.1) is 0 Å². The zero-order chi connectivity index (χ0) is 8.41. The van der Waals surface area contributed by atoms with Crippen LogP contribution in [0.4, 0.5) is 0 Å². The van der Waals surface area contributed by atoms with Crippen LogP contribution in [0, 0.1) is 0 Å². The van der Waals surface area contributed by atoms with E-state index in [0.29, 0.717) is 0 Å². The van der Waals surface area contributed by atoms with Gasteiger partial charge in [-0.15, -0.1) is 0 Å². The average molecular weight is 233 g/mol. The zero-order valence-electron chi connectivity index (χ0n) is 5.70. The SMILES string of the molecule is CC(C)([CH2][Mo](=[O])(=[O])=[O])OO.